The van der Waals surface area contributed by atoms with Crippen molar-refractivity contribution in [2.24, 2.45) is 0 Å². The van der Waals surface area contributed by atoms with E-state index >= 15 is 0 Å². The first-order chi connectivity index (χ1) is 15.1. The topological polar surface area (TPSA) is 103 Å². The smallest absolute Gasteiger partial charge is 0.292 e. The molecule has 4 aromatic rings. The van der Waals surface area contributed by atoms with Crippen LogP contribution in [-0.4, -0.2) is 31.3 Å². The van der Waals surface area contributed by atoms with Gasteiger partial charge < -0.3 is 9.88 Å². The molecule has 0 saturated heterocycles. The second-order valence-corrected chi connectivity index (χ2v) is 8.57. The minimum absolute atomic E-state index is 0.0677. The zero-order chi connectivity index (χ0) is 21.8. The number of aromatic nitrogens is 3. The normalized spacial score (nSPS) is 11.0. The molecule has 0 radical (unpaired) electrons. The SMILES string of the molecule is CCCn1c(SCC(=O)Nc2ccccc2[N+](=O)[O-])nnc1-c1csc2ccccc12. The Hall–Kier alpha value is -3.24. The van der Waals surface area contributed by atoms with Crippen LogP contribution in [0, 0.1) is 10.1 Å². The molecule has 0 saturated carbocycles. The van der Waals surface area contributed by atoms with Crippen LogP contribution >= 0.6 is 23.1 Å². The highest BCUT2D eigenvalue weighted by molar-refractivity contribution is 7.99. The van der Waals surface area contributed by atoms with Crippen molar-refractivity contribution >= 4 is 50.5 Å². The van der Waals surface area contributed by atoms with Crippen molar-refractivity contribution in [2.75, 3.05) is 11.1 Å². The minimum Gasteiger partial charge on any atom is -0.320 e. The van der Waals surface area contributed by atoms with E-state index < -0.39 is 4.92 Å². The van der Waals surface area contributed by atoms with Gasteiger partial charge in [0.15, 0.2) is 11.0 Å². The van der Waals surface area contributed by atoms with Gasteiger partial charge in [-0.15, -0.1) is 21.5 Å². The first-order valence-electron chi connectivity index (χ1n) is 9.64. The standard InChI is InChI=1S/C21H19N5O3S2/c1-2-11-25-20(15-12-30-18-10-6-3-7-14(15)18)23-24-21(25)31-13-19(27)22-16-8-4-5-9-17(16)26(28)29/h3-10,12H,2,11,13H2,1H3,(H,22,27). The molecular formula is C21H19N5O3S2. The van der Waals surface area contributed by atoms with E-state index in [0.717, 1.165) is 29.7 Å². The maximum Gasteiger partial charge on any atom is 0.292 e. The summed E-state index contributed by atoms with van der Waals surface area (Å²) in [5.74, 6) is 0.506. The highest BCUT2D eigenvalue weighted by Gasteiger charge is 2.19. The Morgan fingerprint density at radius 3 is 2.77 bits per heavy atom. The van der Waals surface area contributed by atoms with E-state index in [4.69, 9.17) is 0 Å². The number of para-hydroxylation sites is 2. The molecule has 31 heavy (non-hydrogen) atoms. The van der Waals surface area contributed by atoms with Crippen LogP contribution in [0.1, 0.15) is 13.3 Å². The first kappa shape index (κ1) is 21.0. The van der Waals surface area contributed by atoms with Gasteiger partial charge in [0.05, 0.1) is 10.7 Å². The molecular weight excluding hydrogens is 434 g/mol. The molecule has 1 N–H and O–H groups in total. The third-order valence-electron chi connectivity index (χ3n) is 4.59. The molecule has 10 heteroatoms. The van der Waals surface area contributed by atoms with Gasteiger partial charge in [-0.2, -0.15) is 0 Å². The second kappa shape index (κ2) is 9.27. The van der Waals surface area contributed by atoms with Crippen LogP contribution in [-0.2, 0) is 11.3 Å². The third kappa shape index (κ3) is 4.44. The predicted octanol–water partition coefficient (Wildman–Crippen LogP) is 5.21. The highest BCUT2D eigenvalue weighted by atomic mass is 32.2. The molecule has 0 atom stereocenters. The number of rotatable bonds is 8. The van der Waals surface area contributed by atoms with Crippen molar-refractivity contribution < 1.29 is 9.72 Å². The number of thioether (sulfide) groups is 1. The maximum atomic E-state index is 12.4. The molecule has 0 fully saturated rings. The third-order valence-corrected chi connectivity index (χ3v) is 6.52. The Bertz CT molecular complexity index is 1250. The summed E-state index contributed by atoms with van der Waals surface area (Å²) >= 11 is 2.92. The Morgan fingerprint density at radius 1 is 1.19 bits per heavy atom. The number of carbonyl (C=O) groups excluding carboxylic acids is 1. The maximum absolute atomic E-state index is 12.4. The van der Waals surface area contributed by atoms with E-state index in [1.807, 2.05) is 16.7 Å². The Morgan fingerprint density at radius 2 is 1.97 bits per heavy atom. The largest absolute Gasteiger partial charge is 0.320 e. The van der Waals surface area contributed by atoms with Crippen molar-refractivity contribution in [3.05, 3.63) is 64.0 Å². The summed E-state index contributed by atoms with van der Waals surface area (Å²) in [6, 6.07) is 14.2. The summed E-state index contributed by atoms with van der Waals surface area (Å²) in [7, 11) is 0. The lowest BCUT2D eigenvalue weighted by molar-refractivity contribution is -0.383. The summed E-state index contributed by atoms with van der Waals surface area (Å²) < 4.78 is 3.21. The van der Waals surface area contributed by atoms with Crippen LogP contribution in [0.5, 0.6) is 0 Å². The van der Waals surface area contributed by atoms with Gasteiger partial charge in [0, 0.05) is 33.6 Å². The number of nitrogens with zero attached hydrogens (tertiary/aromatic N) is 4. The molecule has 8 nitrogen and oxygen atoms in total. The average Bonchev–Trinajstić information content (AvgIpc) is 3.36. The molecule has 4 rings (SSSR count). The molecule has 158 valence electrons. The minimum atomic E-state index is -0.516. The van der Waals surface area contributed by atoms with Gasteiger partial charge >= 0.3 is 0 Å². The highest BCUT2D eigenvalue weighted by Crippen LogP contribution is 2.34. The predicted molar refractivity (Wildman–Crippen MR) is 124 cm³/mol. The molecule has 0 bridgehead atoms. The molecule has 0 spiro atoms. The van der Waals surface area contributed by atoms with E-state index in [-0.39, 0.29) is 23.0 Å². The number of fused-ring (bicyclic) bond motifs is 1. The number of nitro benzene ring substituents is 1. The summed E-state index contributed by atoms with van der Waals surface area (Å²) in [4.78, 5) is 23.0. The fraction of sp³-hybridized carbons (Fsp3) is 0.190. The van der Waals surface area contributed by atoms with E-state index in [9.17, 15) is 14.9 Å². The number of anilines is 1. The first-order valence-corrected chi connectivity index (χ1v) is 11.5. The lowest BCUT2D eigenvalue weighted by Gasteiger charge is -2.09. The summed E-state index contributed by atoms with van der Waals surface area (Å²) in [5.41, 5.74) is 1.07. The number of thiophene rings is 1. The van der Waals surface area contributed by atoms with Crippen molar-refractivity contribution in [1.29, 1.82) is 0 Å². The molecule has 1 amide bonds. The summed E-state index contributed by atoms with van der Waals surface area (Å²) in [6.45, 7) is 2.80. The number of nitrogens with one attached hydrogen (secondary N) is 1. The second-order valence-electron chi connectivity index (χ2n) is 6.71. The lowest BCUT2D eigenvalue weighted by Crippen LogP contribution is -2.15. The van der Waals surface area contributed by atoms with E-state index in [0.29, 0.717) is 5.16 Å². The summed E-state index contributed by atoms with van der Waals surface area (Å²) in [6.07, 6.45) is 0.892. The van der Waals surface area contributed by atoms with Gasteiger partial charge in [0.1, 0.15) is 5.69 Å². The Balaban J connectivity index is 1.53. The van der Waals surface area contributed by atoms with Crippen LogP contribution < -0.4 is 5.32 Å². The fourth-order valence-corrected chi connectivity index (χ4v) is 4.93. The van der Waals surface area contributed by atoms with E-state index in [2.05, 4.69) is 40.0 Å². The van der Waals surface area contributed by atoms with Gasteiger partial charge in [0.2, 0.25) is 5.91 Å². The molecule has 0 aliphatic carbocycles. The van der Waals surface area contributed by atoms with Gasteiger partial charge in [-0.3, -0.25) is 14.9 Å². The van der Waals surface area contributed by atoms with Crippen LogP contribution in [0.25, 0.3) is 21.5 Å². The zero-order valence-electron chi connectivity index (χ0n) is 16.6. The summed E-state index contributed by atoms with van der Waals surface area (Å²) in [5, 5.41) is 26.3. The Kier molecular flexibility index (Phi) is 6.28. The number of hydrogen-bond donors (Lipinski definition) is 1. The number of benzene rings is 2. The number of amides is 1. The molecule has 2 heterocycles. The monoisotopic (exact) mass is 453 g/mol. The van der Waals surface area contributed by atoms with Crippen molar-refractivity contribution in [3.63, 3.8) is 0 Å². The molecule has 0 aliphatic rings. The fourth-order valence-electron chi connectivity index (χ4n) is 3.23. The van der Waals surface area contributed by atoms with E-state index in [1.54, 1.807) is 23.5 Å². The zero-order valence-corrected chi connectivity index (χ0v) is 18.3. The Labute approximate surface area is 186 Å². The van der Waals surface area contributed by atoms with Crippen LogP contribution in [0.4, 0.5) is 11.4 Å². The number of carbonyl (C=O) groups is 1. The van der Waals surface area contributed by atoms with Crippen molar-refractivity contribution in [1.82, 2.24) is 14.8 Å². The van der Waals surface area contributed by atoms with Crippen LogP contribution in [0.2, 0.25) is 0 Å². The van der Waals surface area contributed by atoms with Crippen molar-refractivity contribution in [3.8, 4) is 11.4 Å². The lowest BCUT2D eigenvalue weighted by atomic mass is 10.1. The van der Waals surface area contributed by atoms with E-state index in [1.165, 1.54) is 28.6 Å². The van der Waals surface area contributed by atoms with Gasteiger partial charge in [-0.05, 0) is 18.6 Å². The molecule has 0 aliphatic heterocycles. The van der Waals surface area contributed by atoms with Crippen molar-refractivity contribution in [2.45, 2.75) is 25.0 Å². The van der Waals surface area contributed by atoms with Gasteiger partial charge in [-0.1, -0.05) is 49.0 Å². The van der Waals surface area contributed by atoms with Gasteiger partial charge in [0.25, 0.3) is 5.69 Å². The van der Waals surface area contributed by atoms with Crippen LogP contribution in [0.3, 0.4) is 0 Å². The number of hydrogen-bond acceptors (Lipinski definition) is 7. The molecule has 2 aromatic heterocycles. The molecule has 2 aromatic carbocycles. The van der Waals surface area contributed by atoms with Crippen LogP contribution in [0.15, 0.2) is 59.1 Å². The molecule has 0 unspecified atom stereocenters. The quantitative estimate of drug-likeness (QED) is 0.223. The number of nitro groups is 1. The van der Waals surface area contributed by atoms with Gasteiger partial charge in [-0.25, -0.2) is 0 Å². The average molecular weight is 454 g/mol.